The summed E-state index contributed by atoms with van der Waals surface area (Å²) >= 11 is 0. The Kier molecular flexibility index (Phi) is 5.77. The largest absolute Gasteiger partial charge is 0.352 e. The minimum absolute atomic E-state index is 0.0514. The van der Waals surface area contributed by atoms with Crippen LogP contribution >= 0.6 is 0 Å². The van der Waals surface area contributed by atoms with Gasteiger partial charge < -0.3 is 10.6 Å². The smallest absolute Gasteiger partial charge is 0.251 e. The zero-order valence-corrected chi connectivity index (χ0v) is 15.4. The molecule has 136 valence electrons. The van der Waals surface area contributed by atoms with Crippen molar-refractivity contribution in [2.75, 3.05) is 0 Å². The van der Waals surface area contributed by atoms with Crippen molar-refractivity contribution in [2.45, 2.75) is 65.0 Å². The third-order valence-corrected chi connectivity index (χ3v) is 6.00. The quantitative estimate of drug-likeness (QED) is 0.794. The first-order valence-corrected chi connectivity index (χ1v) is 9.71. The molecule has 1 aromatic carbocycles. The van der Waals surface area contributed by atoms with Crippen molar-refractivity contribution in [3.8, 4) is 0 Å². The molecule has 0 spiro atoms. The number of rotatable bonds is 7. The molecule has 4 nitrogen and oxygen atoms in total. The van der Waals surface area contributed by atoms with E-state index in [0.717, 1.165) is 23.8 Å². The molecule has 0 aliphatic heterocycles. The van der Waals surface area contributed by atoms with Gasteiger partial charge in [0.05, 0.1) is 0 Å². The van der Waals surface area contributed by atoms with Crippen molar-refractivity contribution in [1.29, 1.82) is 0 Å². The van der Waals surface area contributed by atoms with Crippen molar-refractivity contribution in [1.82, 2.24) is 10.6 Å². The van der Waals surface area contributed by atoms with Gasteiger partial charge in [-0.1, -0.05) is 25.5 Å². The molecule has 2 aliphatic rings. The third kappa shape index (κ3) is 4.62. The first-order valence-electron chi connectivity index (χ1n) is 9.71. The van der Waals surface area contributed by atoms with E-state index in [9.17, 15) is 9.59 Å². The maximum atomic E-state index is 12.3. The van der Waals surface area contributed by atoms with Crippen LogP contribution in [0.3, 0.4) is 0 Å². The summed E-state index contributed by atoms with van der Waals surface area (Å²) in [6.07, 6.45) is 6.83. The molecule has 0 saturated heterocycles. The van der Waals surface area contributed by atoms with Gasteiger partial charge in [0.1, 0.15) is 0 Å². The van der Waals surface area contributed by atoms with E-state index in [2.05, 4.69) is 10.6 Å². The lowest BCUT2D eigenvalue weighted by Gasteiger charge is -2.20. The Bertz CT molecular complexity index is 628. The second-order valence-electron chi connectivity index (χ2n) is 7.90. The lowest BCUT2D eigenvalue weighted by Crippen LogP contribution is -2.32. The lowest BCUT2D eigenvalue weighted by atomic mass is 9.86. The molecule has 0 heterocycles. The molecule has 0 radical (unpaired) electrons. The van der Waals surface area contributed by atoms with E-state index in [0.29, 0.717) is 24.4 Å². The number of nitrogens with one attached hydrogen (secondary N) is 2. The highest BCUT2D eigenvalue weighted by atomic mass is 16.2. The number of hydrogen-bond acceptors (Lipinski definition) is 2. The Balaban J connectivity index is 1.48. The van der Waals surface area contributed by atoms with Crippen LogP contribution in [0.15, 0.2) is 24.3 Å². The zero-order valence-electron chi connectivity index (χ0n) is 15.4. The normalized spacial score (nSPS) is 25.6. The lowest BCUT2D eigenvalue weighted by molar-refractivity contribution is -0.122. The van der Waals surface area contributed by atoms with Gasteiger partial charge in [-0.05, 0) is 68.1 Å². The molecule has 2 amide bonds. The SMILES string of the molecule is CC[C@@H](C)NC(=O)c1cccc(CNC(=O)C[C@H]2C[C@H]3CC[C@H]2C3)c1. The minimum Gasteiger partial charge on any atom is -0.352 e. The van der Waals surface area contributed by atoms with Crippen LogP contribution in [-0.2, 0) is 11.3 Å². The van der Waals surface area contributed by atoms with Crippen LogP contribution in [0, 0.1) is 17.8 Å². The molecular weight excluding hydrogens is 312 g/mol. The fourth-order valence-corrected chi connectivity index (χ4v) is 4.37. The standard InChI is InChI=1S/C21H30N2O2/c1-3-14(2)23-21(25)18-6-4-5-16(11-18)13-22-20(24)12-19-10-15-7-8-17(19)9-15/h4-6,11,14-15,17,19H,3,7-10,12-13H2,1-2H3,(H,22,24)(H,23,25)/t14-,15+,17+,19-/m1/s1. The fraction of sp³-hybridized carbons (Fsp3) is 0.619. The number of amides is 2. The number of carbonyl (C=O) groups excluding carboxylic acids is 2. The predicted molar refractivity (Wildman–Crippen MR) is 99.1 cm³/mol. The molecule has 0 aromatic heterocycles. The van der Waals surface area contributed by atoms with Crippen LogP contribution in [0.25, 0.3) is 0 Å². The number of fused-ring (bicyclic) bond motifs is 2. The fourth-order valence-electron chi connectivity index (χ4n) is 4.37. The van der Waals surface area contributed by atoms with Gasteiger partial charge in [-0.25, -0.2) is 0 Å². The predicted octanol–water partition coefficient (Wildman–Crippen LogP) is 3.66. The monoisotopic (exact) mass is 342 g/mol. The summed E-state index contributed by atoms with van der Waals surface area (Å²) < 4.78 is 0. The zero-order chi connectivity index (χ0) is 17.8. The Hall–Kier alpha value is -1.84. The molecule has 2 N–H and O–H groups in total. The number of hydrogen-bond donors (Lipinski definition) is 2. The molecule has 4 heteroatoms. The minimum atomic E-state index is -0.0514. The van der Waals surface area contributed by atoms with Crippen LogP contribution in [0.4, 0.5) is 0 Å². The van der Waals surface area contributed by atoms with E-state index in [-0.39, 0.29) is 17.9 Å². The van der Waals surface area contributed by atoms with Crippen LogP contribution < -0.4 is 10.6 Å². The summed E-state index contributed by atoms with van der Waals surface area (Å²) in [6.45, 7) is 4.54. The summed E-state index contributed by atoms with van der Waals surface area (Å²) in [6, 6.07) is 7.69. The maximum Gasteiger partial charge on any atom is 0.251 e. The number of carbonyl (C=O) groups is 2. The van der Waals surface area contributed by atoms with Crippen molar-refractivity contribution in [3.63, 3.8) is 0 Å². The number of benzene rings is 1. The van der Waals surface area contributed by atoms with Crippen LogP contribution in [0.2, 0.25) is 0 Å². The topological polar surface area (TPSA) is 58.2 Å². The van der Waals surface area contributed by atoms with Crippen molar-refractivity contribution in [3.05, 3.63) is 35.4 Å². The van der Waals surface area contributed by atoms with E-state index in [1.165, 1.54) is 25.7 Å². The Morgan fingerprint density at radius 3 is 2.76 bits per heavy atom. The molecule has 2 fully saturated rings. The highest BCUT2D eigenvalue weighted by molar-refractivity contribution is 5.94. The summed E-state index contributed by atoms with van der Waals surface area (Å²) in [7, 11) is 0. The molecule has 4 atom stereocenters. The molecule has 2 bridgehead atoms. The maximum absolute atomic E-state index is 12.3. The van der Waals surface area contributed by atoms with Gasteiger partial charge in [-0.15, -0.1) is 0 Å². The van der Waals surface area contributed by atoms with E-state index >= 15 is 0 Å². The van der Waals surface area contributed by atoms with Crippen molar-refractivity contribution in [2.24, 2.45) is 17.8 Å². The second-order valence-corrected chi connectivity index (χ2v) is 7.90. The van der Waals surface area contributed by atoms with Crippen LogP contribution in [-0.4, -0.2) is 17.9 Å². The molecule has 3 rings (SSSR count). The molecule has 25 heavy (non-hydrogen) atoms. The van der Waals surface area contributed by atoms with E-state index in [4.69, 9.17) is 0 Å². The summed E-state index contributed by atoms with van der Waals surface area (Å²) in [5, 5.41) is 6.01. The third-order valence-electron chi connectivity index (χ3n) is 6.00. The van der Waals surface area contributed by atoms with Crippen molar-refractivity contribution < 1.29 is 9.59 Å². The highest BCUT2D eigenvalue weighted by Crippen LogP contribution is 2.49. The Morgan fingerprint density at radius 2 is 2.08 bits per heavy atom. The molecule has 2 aliphatic carbocycles. The summed E-state index contributed by atoms with van der Waals surface area (Å²) in [4.78, 5) is 24.5. The van der Waals surface area contributed by atoms with Gasteiger partial charge >= 0.3 is 0 Å². The Morgan fingerprint density at radius 1 is 1.24 bits per heavy atom. The van der Waals surface area contributed by atoms with Gasteiger partial charge in [-0.3, -0.25) is 9.59 Å². The molecule has 2 saturated carbocycles. The van der Waals surface area contributed by atoms with Crippen LogP contribution in [0.5, 0.6) is 0 Å². The molecular formula is C21H30N2O2. The average Bonchev–Trinajstić information content (AvgIpc) is 3.23. The van der Waals surface area contributed by atoms with Gasteiger partial charge in [0.2, 0.25) is 5.91 Å². The summed E-state index contributed by atoms with van der Waals surface area (Å²) in [5.74, 6) is 2.34. The van der Waals surface area contributed by atoms with E-state index in [1.807, 2.05) is 38.1 Å². The van der Waals surface area contributed by atoms with Gasteiger partial charge in [0.25, 0.3) is 5.91 Å². The van der Waals surface area contributed by atoms with Crippen molar-refractivity contribution >= 4 is 11.8 Å². The second kappa shape index (κ2) is 8.03. The van der Waals surface area contributed by atoms with Gasteiger partial charge in [-0.2, -0.15) is 0 Å². The van der Waals surface area contributed by atoms with Gasteiger partial charge in [0.15, 0.2) is 0 Å². The summed E-state index contributed by atoms with van der Waals surface area (Å²) in [5.41, 5.74) is 1.62. The van der Waals surface area contributed by atoms with Gasteiger partial charge in [0, 0.05) is 24.6 Å². The molecule has 1 aromatic rings. The molecule has 0 unspecified atom stereocenters. The van der Waals surface area contributed by atoms with E-state index in [1.54, 1.807) is 0 Å². The first-order chi connectivity index (χ1) is 12.0. The van der Waals surface area contributed by atoms with E-state index < -0.39 is 0 Å². The first kappa shape index (κ1) is 18.0. The highest BCUT2D eigenvalue weighted by Gasteiger charge is 2.39. The Labute approximate surface area is 150 Å². The average molecular weight is 342 g/mol. The van der Waals surface area contributed by atoms with Crippen LogP contribution in [0.1, 0.15) is 68.3 Å².